The second kappa shape index (κ2) is 5.55. The van der Waals surface area contributed by atoms with Crippen LogP contribution in [0, 0.1) is 11.3 Å². The van der Waals surface area contributed by atoms with Gasteiger partial charge in [-0.1, -0.05) is 11.6 Å². The van der Waals surface area contributed by atoms with Gasteiger partial charge in [0.1, 0.15) is 6.07 Å². The highest BCUT2D eigenvalue weighted by atomic mass is 35.5. The zero-order valence-corrected chi connectivity index (χ0v) is 9.46. The molecule has 0 unspecified atom stereocenters. The maximum absolute atomic E-state index is 12.7. The molecule has 17 heavy (non-hydrogen) atoms. The molecule has 0 N–H and O–H groups in total. The van der Waals surface area contributed by atoms with Gasteiger partial charge in [-0.15, -0.1) is 0 Å². The Hall–Kier alpha value is -1.74. The Morgan fingerprint density at radius 3 is 2.82 bits per heavy atom. The zero-order chi connectivity index (χ0) is 13.0. The zero-order valence-electron chi connectivity index (χ0n) is 8.71. The van der Waals surface area contributed by atoms with Crippen molar-refractivity contribution in [1.29, 1.82) is 5.26 Å². The SMILES string of the molecule is CCOC(=O)c1ncc(Cl)c(C(F)F)c1C#N. The Morgan fingerprint density at radius 2 is 2.35 bits per heavy atom. The van der Waals surface area contributed by atoms with Gasteiger partial charge in [-0.25, -0.2) is 18.6 Å². The molecular weight excluding hydrogens is 254 g/mol. The number of ether oxygens (including phenoxy) is 1. The van der Waals surface area contributed by atoms with E-state index in [-0.39, 0.29) is 11.6 Å². The molecule has 0 spiro atoms. The number of alkyl halides is 2. The molecule has 0 atom stereocenters. The molecule has 1 aromatic heterocycles. The molecular formula is C10H7ClF2N2O2. The predicted molar refractivity (Wildman–Crippen MR) is 54.9 cm³/mol. The second-order valence-corrected chi connectivity index (χ2v) is 3.28. The van der Waals surface area contributed by atoms with Gasteiger partial charge in [-0.2, -0.15) is 5.26 Å². The van der Waals surface area contributed by atoms with Gasteiger partial charge in [-0.3, -0.25) is 0 Å². The van der Waals surface area contributed by atoms with E-state index in [2.05, 4.69) is 9.72 Å². The van der Waals surface area contributed by atoms with E-state index in [0.29, 0.717) is 0 Å². The van der Waals surface area contributed by atoms with E-state index in [1.54, 1.807) is 6.92 Å². The standard InChI is InChI=1S/C10H7ClF2N2O2/c1-2-17-10(16)8-5(3-14)7(9(12)13)6(11)4-15-8/h4,9H,2H2,1H3. The molecule has 1 heterocycles. The Morgan fingerprint density at radius 1 is 1.71 bits per heavy atom. The molecule has 0 aliphatic rings. The third-order valence-electron chi connectivity index (χ3n) is 1.87. The Balaban J connectivity index is 3.39. The lowest BCUT2D eigenvalue weighted by atomic mass is 10.1. The van der Waals surface area contributed by atoms with Crippen LogP contribution < -0.4 is 0 Å². The highest BCUT2D eigenvalue weighted by Gasteiger charge is 2.25. The molecule has 4 nitrogen and oxygen atoms in total. The molecule has 0 fully saturated rings. The summed E-state index contributed by atoms with van der Waals surface area (Å²) in [5.41, 5.74) is -1.70. The summed E-state index contributed by atoms with van der Waals surface area (Å²) >= 11 is 5.51. The summed E-state index contributed by atoms with van der Waals surface area (Å²) < 4.78 is 30.0. The summed E-state index contributed by atoms with van der Waals surface area (Å²) in [5, 5.41) is 8.44. The van der Waals surface area contributed by atoms with E-state index in [4.69, 9.17) is 16.9 Å². The van der Waals surface area contributed by atoms with Crippen molar-refractivity contribution >= 4 is 17.6 Å². The van der Waals surface area contributed by atoms with Gasteiger partial charge in [0.25, 0.3) is 6.43 Å². The van der Waals surface area contributed by atoms with Crippen LogP contribution in [0.15, 0.2) is 6.20 Å². The first-order valence-electron chi connectivity index (χ1n) is 4.56. The molecule has 0 saturated carbocycles. The summed E-state index contributed by atoms with van der Waals surface area (Å²) in [6.07, 6.45) is -2.07. The van der Waals surface area contributed by atoms with Crippen LogP contribution in [-0.2, 0) is 4.74 Å². The van der Waals surface area contributed by atoms with Crippen LogP contribution in [0.4, 0.5) is 8.78 Å². The lowest BCUT2D eigenvalue weighted by molar-refractivity contribution is 0.0518. The first-order chi connectivity index (χ1) is 8.02. The molecule has 1 rings (SSSR count). The van der Waals surface area contributed by atoms with Gasteiger partial charge < -0.3 is 4.74 Å². The minimum absolute atomic E-state index is 0.0536. The summed E-state index contributed by atoms with van der Waals surface area (Å²) in [6, 6.07) is 1.50. The van der Waals surface area contributed by atoms with Crippen molar-refractivity contribution in [3.63, 3.8) is 0 Å². The van der Waals surface area contributed by atoms with E-state index in [1.807, 2.05) is 0 Å². The number of aromatic nitrogens is 1. The molecule has 0 aliphatic carbocycles. The van der Waals surface area contributed by atoms with Gasteiger partial charge >= 0.3 is 5.97 Å². The van der Waals surface area contributed by atoms with Gasteiger partial charge in [0.2, 0.25) is 0 Å². The first kappa shape index (κ1) is 13.3. The summed E-state index contributed by atoms with van der Waals surface area (Å²) in [5.74, 6) is -0.928. The van der Waals surface area contributed by atoms with Crippen molar-refractivity contribution < 1.29 is 18.3 Å². The first-order valence-corrected chi connectivity index (χ1v) is 4.94. The Kier molecular flexibility index (Phi) is 4.35. The molecule has 0 radical (unpaired) electrons. The van der Waals surface area contributed by atoms with Gasteiger partial charge in [0.15, 0.2) is 5.69 Å². The normalized spacial score (nSPS) is 10.1. The van der Waals surface area contributed by atoms with Crippen molar-refractivity contribution in [2.24, 2.45) is 0 Å². The van der Waals surface area contributed by atoms with E-state index in [0.717, 1.165) is 6.20 Å². The molecule has 0 bridgehead atoms. The topological polar surface area (TPSA) is 63.0 Å². The predicted octanol–water partition coefficient (Wildman–Crippen LogP) is 2.72. The Labute approximate surface area is 101 Å². The highest BCUT2D eigenvalue weighted by molar-refractivity contribution is 6.31. The van der Waals surface area contributed by atoms with E-state index in [9.17, 15) is 13.6 Å². The average Bonchev–Trinajstić information content (AvgIpc) is 2.27. The number of hydrogen-bond donors (Lipinski definition) is 0. The number of carbonyl (C=O) groups is 1. The minimum atomic E-state index is -2.96. The monoisotopic (exact) mass is 260 g/mol. The second-order valence-electron chi connectivity index (χ2n) is 2.88. The number of hydrogen-bond acceptors (Lipinski definition) is 4. The van der Waals surface area contributed by atoms with Crippen LogP contribution in [0.1, 0.15) is 35.0 Å². The lowest BCUT2D eigenvalue weighted by Crippen LogP contribution is -2.11. The van der Waals surface area contributed by atoms with E-state index in [1.165, 1.54) is 6.07 Å². The fourth-order valence-corrected chi connectivity index (χ4v) is 1.41. The molecule has 0 aromatic carbocycles. The largest absolute Gasteiger partial charge is 0.461 e. The van der Waals surface area contributed by atoms with Gasteiger partial charge in [0.05, 0.1) is 22.8 Å². The maximum Gasteiger partial charge on any atom is 0.358 e. The number of halogens is 3. The summed E-state index contributed by atoms with van der Waals surface area (Å²) in [7, 11) is 0. The molecule has 0 aliphatic heterocycles. The fraction of sp³-hybridized carbons (Fsp3) is 0.300. The van der Waals surface area contributed by atoms with E-state index < -0.39 is 29.2 Å². The molecule has 7 heteroatoms. The van der Waals surface area contributed by atoms with Crippen molar-refractivity contribution in [3.05, 3.63) is 28.0 Å². The summed E-state index contributed by atoms with van der Waals surface area (Å²) in [6.45, 7) is 1.60. The van der Waals surface area contributed by atoms with Crippen molar-refractivity contribution in [2.75, 3.05) is 6.61 Å². The van der Waals surface area contributed by atoms with Crippen LogP contribution in [0.3, 0.4) is 0 Å². The average molecular weight is 261 g/mol. The van der Waals surface area contributed by atoms with Crippen molar-refractivity contribution in [3.8, 4) is 6.07 Å². The van der Waals surface area contributed by atoms with Crippen molar-refractivity contribution in [2.45, 2.75) is 13.3 Å². The molecule has 0 saturated heterocycles. The number of esters is 1. The van der Waals surface area contributed by atoms with Crippen LogP contribution in [-0.4, -0.2) is 17.6 Å². The van der Waals surface area contributed by atoms with Crippen LogP contribution in [0.5, 0.6) is 0 Å². The van der Waals surface area contributed by atoms with Crippen molar-refractivity contribution in [1.82, 2.24) is 4.98 Å². The lowest BCUT2D eigenvalue weighted by Gasteiger charge is -2.08. The van der Waals surface area contributed by atoms with Crippen LogP contribution in [0.25, 0.3) is 0 Å². The highest BCUT2D eigenvalue weighted by Crippen LogP contribution is 2.31. The molecule has 90 valence electrons. The minimum Gasteiger partial charge on any atom is -0.461 e. The smallest absolute Gasteiger partial charge is 0.358 e. The number of nitriles is 1. The third kappa shape index (κ3) is 2.68. The number of rotatable bonds is 3. The third-order valence-corrected chi connectivity index (χ3v) is 2.17. The Bertz CT molecular complexity index is 486. The number of pyridine rings is 1. The quantitative estimate of drug-likeness (QED) is 0.784. The van der Waals surface area contributed by atoms with Crippen LogP contribution in [0.2, 0.25) is 5.02 Å². The van der Waals surface area contributed by atoms with Crippen LogP contribution >= 0.6 is 11.6 Å². The van der Waals surface area contributed by atoms with Gasteiger partial charge in [-0.05, 0) is 6.92 Å². The number of nitrogens with zero attached hydrogens (tertiary/aromatic N) is 2. The van der Waals surface area contributed by atoms with Gasteiger partial charge in [0, 0.05) is 6.20 Å². The van der Waals surface area contributed by atoms with E-state index >= 15 is 0 Å². The summed E-state index contributed by atoms with van der Waals surface area (Å²) in [4.78, 5) is 14.9. The molecule has 0 amide bonds. The maximum atomic E-state index is 12.7. The molecule has 1 aromatic rings. The fourth-order valence-electron chi connectivity index (χ4n) is 1.18. The number of carbonyl (C=O) groups excluding carboxylic acids is 1.